The Balaban J connectivity index is 1.68. The molecule has 0 aliphatic carbocycles. The van der Waals surface area contributed by atoms with Crippen LogP contribution in [0.4, 0.5) is 13.2 Å². The molecule has 0 amide bonds. The Bertz CT molecular complexity index is 1500. The lowest BCUT2D eigenvalue weighted by Gasteiger charge is -2.12. The number of hydrogen-bond donors (Lipinski definition) is 0. The molecule has 0 atom stereocenters. The second kappa shape index (κ2) is 7.94. The largest absolute Gasteiger partial charge is 0.573 e. The minimum atomic E-state index is -4.81. The van der Waals surface area contributed by atoms with Crippen LogP contribution >= 0.6 is 11.6 Å². The van der Waals surface area contributed by atoms with E-state index in [4.69, 9.17) is 16.6 Å². The smallest absolute Gasteiger partial charge is 0.406 e. The number of carbonyl (C=O) groups excluding carboxylic acids is 1. The molecule has 0 saturated heterocycles. The quantitative estimate of drug-likeness (QED) is 0.285. The van der Waals surface area contributed by atoms with E-state index in [1.807, 2.05) is 42.5 Å². The molecule has 5 rings (SSSR count). The number of hydrogen-bond acceptors (Lipinski definition) is 3. The Labute approximate surface area is 190 Å². The van der Waals surface area contributed by atoms with Crippen LogP contribution in [-0.2, 0) is 0 Å². The van der Waals surface area contributed by atoms with Gasteiger partial charge in [-0.25, -0.2) is 4.98 Å². The van der Waals surface area contributed by atoms with Gasteiger partial charge in [-0.15, -0.1) is 13.2 Å². The monoisotopic (exact) mass is 466 g/mol. The maximum Gasteiger partial charge on any atom is 0.573 e. The predicted molar refractivity (Wildman–Crippen MR) is 121 cm³/mol. The van der Waals surface area contributed by atoms with Crippen LogP contribution in [0.25, 0.3) is 33.2 Å². The first-order chi connectivity index (χ1) is 15.8. The lowest BCUT2D eigenvalue weighted by Crippen LogP contribution is -2.17. The summed E-state index contributed by atoms with van der Waals surface area (Å²) in [7, 11) is 0. The number of fused-ring (bicyclic) bond motifs is 2. The zero-order chi connectivity index (χ0) is 23.2. The van der Waals surface area contributed by atoms with E-state index in [2.05, 4.69) is 4.74 Å². The van der Waals surface area contributed by atoms with Crippen molar-refractivity contribution in [3.63, 3.8) is 0 Å². The molecule has 0 aliphatic heterocycles. The standard InChI is InChI=1S/C25H14ClF3N2O2/c26-17-10-13-22-21(14-17)30-23(20-7-3-5-15-4-1-2-6-19(15)20)31(22)24(32)16-8-11-18(12-9-16)33-25(27,28)29/h1-14H. The van der Waals surface area contributed by atoms with Gasteiger partial charge in [-0.2, -0.15) is 0 Å². The molecule has 8 heteroatoms. The van der Waals surface area contributed by atoms with Crippen molar-refractivity contribution in [3.8, 4) is 17.1 Å². The third-order valence-corrected chi connectivity index (χ3v) is 5.42. The van der Waals surface area contributed by atoms with Gasteiger partial charge in [0.2, 0.25) is 0 Å². The van der Waals surface area contributed by atoms with E-state index >= 15 is 0 Å². The van der Waals surface area contributed by atoms with Gasteiger partial charge in [0.05, 0.1) is 11.0 Å². The summed E-state index contributed by atoms with van der Waals surface area (Å²) in [5, 5.41) is 2.36. The number of alkyl halides is 3. The third kappa shape index (κ3) is 4.03. The molecule has 4 nitrogen and oxygen atoms in total. The Hall–Kier alpha value is -3.84. The van der Waals surface area contributed by atoms with Crippen LogP contribution < -0.4 is 4.74 Å². The van der Waals surface area contributed by atoms with Crippen LogP contribution in [0.1, 0.15) is 10.4 Å². The van der Waals surface area contributed by atoms with Crippen molar-refractivity contribution in [2.24, 2.45) is 0 Å². The fourth-order valence-corrected chi connectivity index (χ4v) is 3.95. The Kier molecular flexibility index (Phi) is 5.06. The highest BCUT2D eigenvalue weighted by atomic mass is 35.5. The van der Waals surface area contributed by atoms with Crippen molar-refractivity contribution in [1.29, 1.82) is 0 Å². The summed E-state index contributed by atoms with van der Waals surface area (Å²) in [5.74, 6) is -0.443. The average Bonchev–Trinajstić information content (AvgIpc) is 3.16. The number of nitrogens with zero attached hydrogens (tertiary/aromatic N) is 2. The summed E-state index contributed by atoms with van der Waals surface area (Å²) in [6.07, 6.45) is -4.81. The number of halogens is 4. The topological polar surface area (TPSA) is 44.1 Å². The Morgan fingerprint density at radius 3 is 2.39 bits per heavy atom. The van der Waals surface area contributed by atoms with Crippen LogP contribution in [0.15, 0.2) is 84.9 Å². The van der Waals surface area contributed by atoms with Gasteiger partial charge < -0.3 is 4.74 Å². The molecule has 4 aromatic carbocycles. The van der Waals surface area contributed by atoms with Gasteiger partial charge in [0.1, 0.15) is 11.6 Å². The fraction of sp³-hybridized carbons (Fsp3) is 0.0400. The van der Waals surface area contributed by atoms with Crippen molar-refractivity contribution in [1.82, 2.24) is 9.55 Å². The number of ether oxygens (including phenoxy) is 1. The average molecular weight is 467 g/mol. The second-order valence-electron chi connectivity index (χ2n) is 7.31. The number of carbonyl (C=O) groups is 1. The van der Waals surface area contributed by atoms with Crippen molar-refractivity contribution in [3.05, 3.63) is 95.5 Å². The van der Waals surface area contributed by atoms with E-state index in [0.29, 0.717) is 21.9 Å². The summed E-state index contributed by atoms with van der Waals surface area (Å²) in [4.78, 5) is 18.3. The number of imidazole rings is 1. The predicted octanol–water partition coefficient (Wildman–Crippen LogP) is 7.10. The third-order valence-electron chi connectivity index (χ3n) is 5.18. The number of rotatable bonds is 3. The molecule has 0 radical (unpaired) electrons. The van der Waals surface area contributed by atoms with E-state index in [-0.39, 0.29) is 5.56 Å². The molecule has 164 valence electrons. The number of benzene rings is 4. The highest BCUT2D eigenvalue weighted by molar-refractivity contribution is 6.31. The van der Waals surface area contributed by atoms with E-state index < -0.39 is 18.0 Å². The van der Waals surface area contributed by atoms with Crippen LogP contribution in [0, 0.1) is 0 Å². The summed E-state index contributed by atoms with van der Waals surface area (Å²) in [5.41, 5.74) is 1.98. The summed E-state index contributed by atoms with van der Waals surface area (Å²) >= 11 is 6.15. The van der Waals surface area contributed by atoms with Gasteiger partial charge in [-0.3, -0.25) is 9.36 Å². The van der Waals surface area contributed by atoms with Crippen molar-refractivity contribution in [2.45, 2.75) is 6.36 Å². The van der Waals surface area contributed by atoms with Crippen LogP contribution in [0.5, 0.6) is 5.75 Å². The molecule has 1 heterocycles. The fourth-order valence-electron chi connectivity index (χ4n) is 3.79. The summed E-state index contributed by atoms with van der Waals surface area (Å²) in [6.45, 7) is 0. The molecule has 0 saturated carbocycles. The summed E-state index contributed by atoms with van der Waals surface area (Å²) in [6, 6.07) is 23.2. The molecule has 0 fully saturated rings. The SMILES string of the molecule is O=C(c1ccc(OC(F)(F)F)cc1)n1c(-c2cccc3ccccc23)nc2cc(Cl)ccc21. The molecule has 33 heavy (non-hydrogen) atoms. The second-order valence-corrected chi connectivity index (χ2v) is 7.74. The van der Waals surface area contributed by atoms with Gasteiger partial charge in [-0.05, 0) is 53.2 Å². The van der Waals surface area contributed by atoms with Gasteiger partial charge in [0, 0.05) is 16.1 Å². The maximum atomic E-state index is 13.6. The molecule has 0 spiro atoms. The van der Waals surface area contributed by atoms with Crippen LogP contribution in [0.2, 0.25) is 5.02 Å². The van der Waals surface area contributed by atoms with Crippen molar-refractivity contribution >= 4 is 39.3 Å². The first kappa shape index (κ1) is 21.0. The van der Waals surface area contributed by atoms with Crippen LogP contribution in [0.3, 0.4) is 0 Å². The molecule has 0 unspecified atom stereocenters. The first-order valence-electron chi connectivity index (χ1n) is 9.87. The molecular formula is C25H14ClF3N2O2. The van der Waals surface area contributed by atoms with E-state index in [1.54, 1.807) is 18.2 Å². The lowest BCUT2D eigenvalue weighted by atomic mass is 10.0. The minimum absolute atomic E-state index is 0.181. The molecule has 0 bridgehead atoms. The van der Waals surface area contributed by atoms with E-state index in [9.17, 15) is 18.0 Å². The molecular weight excluding hydrogens is 453 g/mol. The highest BCUT2D eigenvalue weighted by Crippen LogP contribution is 2.33. The molecule has 5 aromatic rings. The Morgan fingerprint density at radius 1 is 0.909 bits per heavy atom. The highest BCUT2D eigenvalue weighted by Gasteiger charge is 2.31. The normalized spacial score (nSPS) is 11.8. The van der Waals surface area contributed by atoms with Crippen molar-refractivity contribution < 1.29 is 22.7 Å². The molecule has 0 N–H and O–H groups in total. The van der Waals surface area contributed by atoms with Crippen LogP contribution in [-0.4, -0.2) is 21.8 Å². The zero-order valence-electron chi connectivity index (χ0n) is 16.8. The van der Waals surface area contributed by atoms with Gasteiger partial charge >= 0.3 is 6.36 Å². The van der Waals surface area contributed by atoms with Crippen molar-refractivity contribution in [2.75, 3.05) is 0 Å². The summed E-state index contributed by atoms with van der Waals surface area (Å²) < 4.78 is 42.8. The van der Waals surface area contributed by atoms with E-state index in [1.165, 1.54) is 16.7 Å². The van der Waals surface area contributed by atoms with Gasteiger partial charge in [0.25, 0.3) is 5.91 Å². The number of aromatic nitrogens is 2. The maximum absolute atomic E-state index is 13.6. The van der Waals surface area contributed by atoms with E-state index in [0.717, 1.165) is 28.5 Å². The first-order valence-corrected chi connectivity index (χ1v) is 10.2. The zero-order valence-corrected chi connectivity index (χ0v) is 17.6. The minimum Gasteiger partial charge on any atom is -0.406 e. The lowest BCUT2D eigenvalue weighted by molar-refractivity contribution is -0.274. The van der Waals surface area contributed by atoms with Gasteiger partial charge in [0.15, 0.2) is 0 Å². The molecule has 1 aromatic heterocycles. The van der Waals surface area contributed by atoms with Gasteiger partial charge in [-0.1, -0.05) is 54.1 Å². The Morgan fingerprint density at radius 2 is 1.64 bits per heavy atom. The molecule has 0 aliphatic rings.